The molecule has 3 N–H and O–H groups in total. The molecule has 0 aliphatic heterocycles. The fourth-order valence-corrected chi connectivity index (χ4v) is 3.04. The van der Waals surface area contributed by atoms with Gasteiger partial charge in [0, 0.05) is 5.69 Å². The Morgan fingerprint density at radius 2 is 1.90 bits per heavy atom. The van der Waals surface area contributed by atoms with E-state index >= 15 is 0 Å². The molecule has 2 aromatic heterocycles. The Hall–Kier alpha value is -4.14. The lowest BCUT2D eigenvalue weighted by atomic mass is 10.2. The Morgan fingerprint density at radius 1 is 1.20 bits per heavy atom. The fraction of sp³-hybridized carbons (Fsp3) is 0.0952. The Morgan fingerprint density at radius 3 is 2.57 bits per heavy atom. The number of rotatable bonds is 5. The number of carbonyl (C=O) groups is 1. The van der Waals surface area contributed by atoms with Crippen LogP contribution in [-0.2, 0) is 0 Å². The molecule has 1 amide bonds. The van der Waals surface area contributed by atoms with Gasteiger partial charge in [-0.1, -0.05) is 0 Å². The van der Waals surface area contributed by atoms with Crippen molar-refractivity contribution in [2.75, 3.05) is 11.9 Å². The minimum atomic E-state index is -0.785. The molecule has 0 saturated carbocycles. The third-order valence-corrected chi connectivity index (χ3v) is 4.44. The second-order valence-corrected chi connectivity index (χ2v) is 6.38. The minimum absolute atomic E-state index is 0.177. The smallest absolute Gasteiger partial charge is 0.266 e. The van der Waals surface area contributed by atoms with E-state index in [9.17, 15) is 19.1 Å². The fourth-order valence-electron chi connectivity index (χ4n) is 3.04. The zero-order valence-corrected chi connectivity index (χ0v) is 15.8. The number of halogens is 1. The number of ether oxygens (including phenoxy) is 1. The van der Waals surface area contributed by atoms with Gasteiger partial charge in [0.25, 0.3) is 11.5 Å². The predicted octanol–water partition coefficient (Wildman–Crippen LogP) is 3.21. The lowest BCUT2D eigenvalue weighted by Crippen LogP contribution is -2.23. The molecule has 0 fully saturated rings. The first-order chi connectivity index (χ1) is 14.5. The number of hydrogen-bond acceptors (Lipinski definition) is 5. The van der Waals surface area contributed by atoms with Crippen LogP contribution >= 0.6 is 0 Å². The third kappa shape index (κ3) is 3.48. The molecule has 0 spiro atoms. The molecule has 2 heterocycles. The summed E-state index contributed by atoms with van der Waals surface area (Å²) in [7, 11) is 0. The summed E-state index contributed by atoms with van der Waals surface area (Å²) < 4.78 is 19.9. The highest BCUT2D eigenvalue weighted by atomic mass is 19.1. The topological polar surface area (TPSA) is 109 Å². The summed E-state index contributed by atoms with van der Waals surface area (Å²) in [5.74, 6) is -1.04. The van der Waals surface area contributed by atoms with Crippen LogP contribution < -0.4 is 15.6 Å². The van der Waals surface area contributed by atoms with Crippen molar-refractivity contribution in [2.24, 2.45) is 0 Å². The highest BCUT2D eigenvalue weighted by molar-refractivity contribution is 6.08. The van der Waals surface area contributed by atoms with Gasteiger partial charge in [0.05, 0.1) is 23.9 Å². The first-order valence-corrected chi connectivity index (χ1v) is 9.11. The Labute approximate surface area is 169 Å². The molecular weight excluding hydrogens is 391 g/mol. The highest BCUT2D eigenvalue weighted by Gasteiger charge is 2.22. The molecule has 0 unspecified atom stereocenters. The summed E-state index contributed by atoms with van der Waals surface area (Å²) in [5.41, 5.74) is -0.124. The first-order valence-electron chi connectivity index (χ1n) is 9.11. The number of anilines is 1. The van der Waals surface area contributed by atoms with Gasteiger partial charge in [-0.2, -0.15) is 5.10 Å². The number of benzene rings is 2. The molecule has 0 aliphatic carbocycles. The normalized spacial score (nSPS) is 10.9. The van der Waals surface area contributed by atoms with Crippen LogP contribution in [0.1, 0.15) is 17.3 Å². The van der Waals surface area contributed by atoms with Crippen LogP contribution in [0, 0.1) is 5.82 Å². The van der Waals surface area contributed by atoms with Crippen molar-refractivity contribution < 1.29 is 19.0 Å². The molecule has 30 heavy (non-hydrogen) atoms. The zero-order valence-electron chi connectivity index (χ0n) is 15.8. The van der Waals surface area contributed by atoms with Crippen molar-refractivity contribution in [3.8, 4) is 17.2 Å². The maximum atomic E-state index is 13.2. The maximum Gasteiger partial charge on any atom is 0.266 e. The van der Waals surface area contributed by atoms with Crippen molar-refractivity contribution in [1.29, 1.82) is 0 Å². The number of hydrogen-bond donors (Lipinski definition) is 3. The van der Waals surface area contributed by atoms with Crippen molar-refractivity contribution in [1.82, 2.24) is 14.8 Å². The number of amides is 1. The molecule has 8 nitrogen and oxygen atoms in total. The summed E-state index contributed by atoms with van der Waals surface area (Å²) in [6, 6.07) is 12.1. The molecule has 0 saturated heterocycles. The Bertz CT molecular complexity index is 1280. The number of aromatic nitrogens is 3. The number of aromatic hydroxyl groups is 1. The van der Waals surface area contributed by atoms with Crippen LogP contribution in [0.2, 0.25) is 0 Å². The Kier molecular flexibility index (Phi) is 4.93. The number of fused-ring (bicyclic) bond motifs is 1. The standard InChI is InChI=1S/C21H17FN4O4/c1-2-30-15-9-5-13(6-10-15)24-20(28)17-18(27)16-11-23-26(19(16)25-21(17)29)14-7-3-12(22)4-8-14/h3-11H,2H2,1H3,(H,24,28)(H2,25,27,29). The molecule has 4 rings (SSSR count). The lowest BCUT2D eigenvalue weighted by Gasteiger charge is -2.09. The minimum Gasteiger partial charge on any atom is -0.506 e. The number of aromatic amines is 1. The van der Waals surface area contributed by atoms with Crippen molar-refractivity contribution in [3.05, 3.63) is 76.5 Å². The van der Waals surface area contributed by atoms with Gasteiger partial charge in [-0.25, -0.2) is 9.07 Å². The van der Waals surface area contributed by atoms with E-state index in [-0.39, 0.29) is 11.0 Å². The number of nitrogens with one attached hydrogen (secondary N) is 2. The molecule has 0 radical (unpaired) electrons. The molecule has 0 aliphatic rings. The number of H-pyrrole nitrogens is 1. The van der Waals surface area contributed by atoms with Gasteiger partial charge in [-0.05, 0) is 55.5 Å². The molecule has 9 heteroatoms. The molecule has 4 aromatic rings. The van der Waals surface area contributed by atoms with Crippen molar-refractivity contribution in [2.45, 2.75) is 6.92 Å². The summed E-state index contributed by atoms with van der Waals surface area (Å²) in [5, 5.41) is 17.5. The summed E-state index contributed by atoms with van der Waals surface area (Å²) in [6.07, 6.45) is 1.32. The van der Waals surface area contributed by atoms with Crippen molar-refractivity contribution >= 4 is 22.6 Å². The first kappa shape index (κ1) is 19.2. The van der Waals surface area contributed by atoms with Crippen LogP contribution in [0.5, 0.6) is 11.5 Å². The zero-order chi connectivity index (χ0) is 21.3. The van der Waals surface area contributed by atoms with Crippen LogP contribution in [0.4, 0.5) is 10.1 Å². The molecular formula is C21H17FN4O4. The second-order valence-electron chi connectivity index (χ2n) is 6.38. The van der Waals surface area contributed by atoms with Crippen LogP contribution in [0.15, 0.2) is 59.5 Å². The van der Waals surface area contributed by atoms with Gasteiger partial charge in [-0.3, -0.25) is 9.59 Å². The largest absolute Gasteiger partial charge is 0.506 e. The quantitative estimate of drug-likeness (QED) is 0.470. The predicted molar refractivity (Wildman–Crippen MR) is 109 cm³/mol. The SMILES string of the molecule is CCOc1ccc(NC(=O)c2c(O)c3cnn(-c4ccc(F)cc4)c3[nH]c2=O)cc1. The Balaban J connectivity index is 1.69. The maximum absolute atomic E-state index is 13.2. The van der Waals surface area contributed by atoms with E-state index in [0.29, 0.717) is 23.7 Å². The average Bonchev–Trinajstić information content (AvgIpc) is 3.14. The van der Waals surface area contributed by atoms with Gasteiger partial charge in [-0.15, -0.1) is 0 Å². The van der Waals surface area contributed by atoms with Gasteiger partial charge < -0.3 is 20.1 Å². The van der Waals surface area contributed by atoms with E-state index in [1.807, 2.05) is 6.92 Å². The van der Waals surface area contributed by atoms with Crippen molar-refractivity contribution in [3.63, 3.8) is 0 Å². The summed E-state index contributed by atoms with van der Waals surface area (Å²) >= 11 is 0. The third-order valence-electron chi connectivity index (χ3n) is 4.44. The molecule has 2 aromatic carbocycles. The number of pyridine rings is 1. The van der Waals surface area contributed by atoms with Gasteiger partial charge >= 0.3 is 0 Å². The van der Waals surface area contributed by atoms with E-state index in [1.54, 1.807) is 24.3 Å². The molecule has 0 atom stereocenters. The second kappa shape index (κ2) is 7.70. The van der Waals surface area contributed by atoms with Gasteiger partial charge in [0.1, 0.15) is 28.5 Å². The summed E-state index contributed by atoms with van der Waals surface area (Å²) in [4.78, 5) is 27.8. The number of carbonyl (C=O) groups excluding carboxylic acids is 1. The van der Waals surface area contributed by atoms with Crippen LogP contribution in [-0.4, -0.2) is 32.4 Å². The highest BCUT2D eigenvalue weighted by Crippen LogP contribution is 2.27. The summed E-state index contributed by atoms with van der Waals surface area (Å²) in [6.45, 7) is 2.37. The van der Waals surface area contributed by atoms with Gasteiger partial charge in [0.15, 0.2) is 0 Å². The van der Waals surface area contributed by atoms with E-state index < -0.39 is 28.6 Å². The monoisotopic (exact) mass is 408 g/mol. The van der Waals surface area contributed by atoms with E-state index in [2.05, 4.69) is 15.4 Å². The van der Waals surface area contributed by atoms with E-state index in [4.69, 9.17) is 4.74 Å². The number of nitrogens with zero attached hydrogens (tertiary/aromatic N) is 2. The lowest BCUT2D eigenvalue weighted by molar-refractivity contribution is 0.102. The van der Waals surface area contributed by atoms with Gasteiger partial charge in [0.2, 0.25) is 0 Å². The van der Waals surface area contributed by atoms with E-state index in [1.165, 1.54) is 35.1 Å². The van der Waals surface area contributed by atoms with E-state index in [0.717, 1.165) is 0 Å². The average molecular weight is 408 g/mol. The molecule has 152 valence electrons. The van der Waals surface area contributed by atoms with Crippen LogP contribution in [0.25, 0.3) is 16.7 Å². The van der Waals surface area contributed by atoms with Crippen LogP contribution in [0.3, 0.4) is 0 Å². The molecule has 0 bridgehead atoms.